The molecule has 0 aliphatic carbocycles. The van der Waals surface area contributed by atoms with Crippen LogP contribution in [-0.4, -0.2) is 0 Å². The SMILES string of the molecule is C=C/C=C/C/C(C)=C/C. The van der Waals surface area contributed by atoms with Crippen molar-refractivity contribution in [3.63, 3.8) is 0 Å². The van der Waals surface area contributed by atoms with Crippen molar-refractivity contribution < 1.29 is 0 Å². The van der Waals surface area contributed by atoms with Crippen molar-refractivity contribution in [1.82, 2.24) is 0 Å². The number of allylic oxidation sites excluding steroid dienone is 5. The van der Waals surface area contributed by atoms with E-state index in [9.17, 15) is 0 Å². The van der Waals surface area contributed by atoms with Crippen LogP contribution in [0.15, 0.2) is 36.5 Å². The maximum atomic E-state index is 3.58. The standard InChI is InChI=1S/C9H14/c1-4-6-7-8-9(3)5-2/h4-7H,1,8H2,2-3H3/b7-6+,9-5+. The summed E-state index contributed by atoms with van der Waals surface area (Å²) in [5.74, 6) is 0. The summed E-state index contributed by atoms with van der Waals surface area (Å²) in [4.78, 5) is 0. The molecule has 0 aromatic heterocycles. The zero-order valence-corrected chi connectivity index (χ0v) is 6.22. The fraction of sp³-hybridized carbons (Fsp3) is 0.333. The predicted octanol–water partition coefficient (Wildman–Crippen LogP) is 3.08. The Bertz CT molecular complexity index is 127. The molecule has 0 atom stereocenters. The third kappa shape index (κ3) is 5.09. The second-order valence-electron chi connectivity index (χ2n) is 2.00. The summed E-state index contributed by atoms with van der Waals surface area (Å²) in [5.41, 5.74) is 1.40. The molecule has 0 amide bonds. The summed E-state index contributed by atoms with van der Waals surface area (Å²) in [6.07, 6.45) is 9.02. The van der Waals surface area contributed by atoms with Crippen LogP contribution in [0.1, 0.15) is 20.3 Å². The first kappa shape index (κ1) is 8.22. The van der Waals surface area contributed by atoms with Crippen molar-refractivity contribution >= 4 is 0 Å². The van der Waals surface area contributed by atoms with Gasteiger partial charge in [-0.15, -0.1) is 0 Å². The van der Waals surface area contributed by atoms with Crippen LogP contribution < -0.4 is 0 Å². The summed E-state index contributed by atoms with van der Waals surface area (Å²) in [6, 6.07) is 0. The largest absolute Gasteiger partial charge is 0.0991 e. The van der Waals surface area contributed by atoms with Gasteiger partial charge >= 0.3 is 0 Å². The van der Waals surface area contributed by atoms with Gasteiger partial charge in [0.1, 0.15) is 0 Å². The lowest BCUT2D eigenvalue weighted by Crippen LogP contribution is -1.68. The monoisotopic (exact) mass is 122 g/mol. The lowest BCUT2D eigenvalue weighted by atomic mass is 10.2. The van der Waals surface area contributed by atoms with Crippen LogP contribution in [-0.2, 0) is 0 Å². The normalized spacial score (nSPS) is 12.4. The molecule has 0 aliphatic rings. The molecular formula is C9H14. The van der Waals surface area contributed by atoms with Gasteiger partial charge in [-0.1, -0.05) is 36.5 Å². The Labute approximate surface area is 57.6 Å². The molecule has 0 N–H and O–H groups in total. The van der Waals surface area contributed by atoms with Gasteiger partial charge in [-0.05, 0) is 20.3 Å². The van der Waals surface area contributed by atoms with Gasteiger partial charge in [0.2, 0.25) is 0 Å². The highest BCUT2D eigenvalue weighted by atomic mass is 13.8. The molecule has 0 aliphatic heterocycles. The summed E-state index contributed by atoms with van der Waals surface area (Å²) >= 11 is 0. The van der Waals surface area contributed by atoms with Crippen LogP contribution >= 0.6 is 0 Å². The molecule has 0 bridgehead atoms. The van der Waals surface area contributed by atoms with E-state index in [1.54, 1.807) is 6.08 Å². The van der Waals surface area contributed by atoms with E-state index in [1.807, 2.05) is 6.08 Å². The van der Waals surface area contributed by atoms with Crippen LogP contribution in [0.5, 0.6) is 0 Å². The molecular weight excluding hydrogens is 108 g/mol. The van der Waals surface area contributed by atoms with E-state index in [-0.39, 0.29) is 0 Å². The lowest BCUT2D eigenvalue weighted by molar-refractivity contribution is 1.20. The van der Waals surface area contributed by atoms with E-state index >= 15 is 0 Å². The summed E-state index contributed by atoms with van der Waals surface area (Å²) in [5, 5.41) is 0. The number of rotatable bonds is 3. The Morgan fingerprint density at radius 1 is 1.56 bits per heavy atom. The van der Waals surface area contributed by atoms with Gasteiger partial charge in [0.05, 0.1) is 0 Å². The molecule has 0 heterocycles. The number of hydrogen-bond donors (Lipinski definition) is 0. The Hall–Kier alpha value is -0.780. The highest BCUT2D eigenvalue weighted by Crippen LogP contribution is 1.98. The molecule has 0 aromatic carbocycles. The molecule has 0 spiro atoms. The summed E-state index contributed by atoms with van der Waals surface area (Å²) < 4.78 is 0. The molecule has 0 saturated carbocycles. The quantitative estimate of drug-likeness (QED) is 0.398. The maximum Gasteiger partial charge on any atom is -0.0139 e. The highest BCUT2D eigenvalue weighted by Gasteiger charge is 1.78. The molecule has 0 unspecified atom stereocenters. The fourth-order valence-electron chi connectivity index (χ4n) is 0.468. The summed E-state index contributed by atoms with van der Waals surface area (Å²) in [6.45, 7) is 7.75. The van der Waals surface area contributed by atoms with Crippen molar-refractivity contribution in [2.24, 2.45) is 0 Å². The molecule has 0 aromatic rings. The van der Waals surface area contributed by atoms with E-state index in [1.165, 1.54) is 5.57 Å². The van der Waals surface area contributed by atoms with Crippen LogP contribution in [0.3, 0.4) is 0 Å². The van der Waals surface area contributed by atoms with Crippen LogP contribution in [0.25, 0.3) is 0 Å². The molecule has 0 saturated heterocycles. The zero-order valence-electron chi connectivity index (χ0n) is 6.22. The Morgan fingerprint density at radius 2 is 2.22 bits per heavy atom. The van der Waals surface area contributed by atoms with Crippen molar-refractivity contribution in [2.45, 2.75) is 20.3 Å². The molecule has 50 valence electrons. The Balaban J connectivity index is 3.50. The third-order valence-electron chi connectivity index (χ3n) is 1.20. The number of hydrogen-bond acceptors (Lipinski definition) is 0. The van der Waals surface area contributed by atoms with Crippen molar-refractivity contribution in [1.29, 1.82) is 0 Å². The van der Waals surface area contributed by atoms with Gasteiger partial charge in [-0.3, -0.25) is 0 Å². The van der Waals surface area contributed by atoms with E-state index in [0.29, 0.717) is 0 Å². The van der Waals surface area contributed by atoms with Gasteiger partial charge < -0.3 is 0 Å². The van der Waals surface area contributed by atoms with Gasteiger partial charge in [0.25, 0.3) is 0 Å². The molecule has 0 rings (SSSR count). The first-order chi connectivity index (χ1) is 4.31. The second-order valence-corrected chi connectivity index (χ2v) is 2.00. The minimum absolute atomic E-state index is 1.04. The molecule has 0 nitrogen and oxygen atoms in total. The van der Waals surface area contributed by atoms with Gasteiger partial charge in [0, 0.05) is 0 Å². The molecule has 0 radical (unpaired) electrons. The van der Waals surface area contributed by atoms with E-state index < -0.39 is 0 Å². The predicted molar refractivity (Wildman–Crippen MR) is 43.4 cm³/mol. The van der Waals surface area contributed by atoms with Gasteiger partial charge in [0.15, 0.2) is 0 Å². The smallest absolute Gasteiger partial charge is 0.0139 e. The topological polar surface area (TPSA) is 0 Å². The zero-order chi connectivity index (χ0) is 7.11. The van der Waals surface area contributed by atoms with E-state index in [4.69, 9.17) is 0 Å². The minimum Gasteiger partial charge on any atom is -0.0991 e. The lowest BCUT2D eigenvalue weighted by Gasteiger charge is -1.89. The minimum atomic E-state index is 1.04. The van der Waals surface area contributed by atoms with E-state index in [0.717, 1.165) is 6.42 Å². The van der Waals surface area contributed by atoms with Gasteiger partial charge in [-0.25, -0.2) is 0 Å². The van der Waals surface area contributed by atoms with E-state index in [2.05, 4.69) is 32.6 Å². The Morgan fingerprint density at radius 3 is 2.67 bits per heavy atom. The van der Waals surface area contributed by atoms with Crippen molar-refractivity contribution in [3.8, 4) is 0 Å². The fourth-order valence-corrected chi connectivity index (χ4v) is 0.468. The van der Waals surface area contributed by atoms with Gasteiger partial charge in [-0.2, -0.15) is 0 Å². The van der Waals surface area contributed by atoms with Crippen LogP contribution in [0, 0.1) is 0 Å². The highest BCUT2D eigenvalue weighted by molar-refractivity contribution is 5.06. The molecule has 0 heteroatoms. The molecule has 0 fully saturated rings. The second kappa shape index (κ2) is 5.36. The first-order valence-corrected chi connectivity index (χ1v) is 3.20. The van der Waals surface area contributed by atoms with Crippen LogP contribution in [0.4, 0.5) is 0 Å². The summed E-state index contributed by atoms with van der Waals surface area (Å²) in [7, 11) is 0. The Kier molecular flexibility index (Phi) is 4.89. The van der Waals surface area contributed by atoms with Crippen LogP contribution in [0.2, 0.25) is 0 Å². The maximum absolute atomic E-state index is 3.58. The van der Waals surface area contributed by atoms with Crippen molar-refractivity contribution in [3.05, 3.63) is 36.5 Å². The third-order valence-corrected chi connectivity index (χ3v) is 1.20. The molecule has 9 heavy (non-hydrogen) atoms. The van der Waals surface area contributed by atoms with Crippen molar-refractivity contribution in [2.75, 3.05) is 0 Å². The average Bonchev–Trinajstić information content (AvgIpc) is 1.89. The first-order valence-electron chi connectivity index (χ1n) is 3.20. The average molecular weight is 122 g/mol.